The fraction of sp³-hybridized carbons (Fsp3) is 0.286. The van der Waals surface area contributed by atoms with Crippen LogP contribution in [0, 0.1) is 0 Å². The first-order valence-electron chi connectivity index (χ1n) is 9.85. The third kappa shape index (κ3) is 5.62. The first-order chi connectivity index (χ1) is 15.2. The van der Waals surface area contributed by atoms with Crippen molar-refractivity contribution in [3.8, 4) is 0 Å². The third-order valence-electron chi connectivity index (χ3n) is 4.46. The number of anilines is 1. The predicted octanol–water partition coefficient (Wildman–Crippen LogP) is 2.72. The molecule has 0 aliphatic carbocycles. The first kappa shape index (κ1) is 23.2. The van der Waals surface area contributed by atoms with Crippen LogP contribution in [0.2, 0.25) is 0 Å². The highest BCUT2D eigenvalue weighted by Gasteiger charge is 2.22. The maximum absolute atomic E-state index is 12.5. The van der Waals surface area contributed by atoms with E-state index in [2.05, 4.69) is 15.1 Å². The summed E-state index contributed by atoms with van der Waals surface area (Å²) >= 11 is 0. The summed E-state index contributed by atoms with van der Waals surface area (Å²) in [5.41, 5.74) is -0.00209. The number of esters is 1. The number of benzene rings is 1. The second kappa shape index (κ2) is 9.79. The molecule has 3 aromatic rings. The Balaban J connectivity index is 1.64. The molecule has 2 aromatic heterocycles. The van der Waals surface area contributed by atoms with Crippen LogP contribution in [0.15, 0.2) is 64.2 Å². The fourth-order valence-electron chi connectivity index (χ4n) is 2.79. The summed E-state index contributed by atoms with van der Waals surface area (Å²) in [6.45, 7) is 5.22. The normalized spacial score (nSPS) is 12.5. The van der Waals surface area contributed by atoms with E-state index in [0.29, 0.717) is 11.6 Å². The van der Waals surface area contributed by atoms with Gasteiger partial charge in [-0.1, -0.05) is 6.07 Å². The van der Waals surface area contributed by atoms with Crippen LogP contribution in [0.4, 0.5) is 5.82 Å². The van der Waals surface area contributed by atoms with E-state index in [1.165, 1.54) is 37.5 Å². The maximum Gasteiger partial charge on any atom is 0.338 e. The van der Waals surface area contributed by atoms with Gasteiger partial charge >= 0.3 is 5.97 Å². The lowest BCUT2D eigenvalue weighted by atomic mass is 10.2. The molecule has 0 spiro atoms. The molecule has 2 heterocycles. The van der Waals surface area contributed by atoms with E-state index < -0.39 is 28.0 Å². The van der Waals surface area contributed by atoms with Crippen LogP contribution in [0.3, 0.4) is 0 Å². The summed E-state index contributed by atoms with van der Waals surface area (Å²) < 4.78 is 39.4. The maximum atomic E-state index is 12.5. The van der Waals surface area contributed by atoms with Gasteiger partial charge in [0.05, 0.1) is 29.5 Å². The van der Waals surface area contributed by atoms with Gasteiger partial charge in [0.1, 0.15) is 11.6 Å². The zero-order valence-electron chi connectivity index (χ0n) is 17.8. The Bertz CT molecular complexity index is 1180. The molecule has 2 N–H and O–H groups in total. The van der Waals surface area contributed by atoms with E-state index in [1.54, 1.807) is 29.1 Å². The number of ether oxygens (including phenoxy) is 1. The molecule has 1 unspecified atom stereocenters. The number of furan rings is 1. The predicted molar refractivity (Wildman–Crippen MR) is 115 cm³/mol. The fourth-order valence-corrected chi connectivity index (χ4v) is 3.83. The van der Waals surface area contributed by atoms with E-state index >= 15 is 0 Å². The van der Waals surface area contributed by atoms with Gasteiger partial charge in [0.15, 0.2) is 6.10 Å². The highest BCUT2D eigenvalue weighted by atomic mass is 32.2. The number of carbonyl (C=O) groups is 2. The number of sulfonamides is 1. The van der Waals surface area contributed by atoms with Gasteiger partial charge in [-0.3, -0.25) is 4.79 Å². The molecule has 1 amide bonds. The molecule has 1 atom stereocenters. The van der Waals surface area contributed by atoms with Gasteiger partial charge in [-0.15, -0.1) is 0 Å². The van der Waals surface area contributed by atoms with Crippen molar-refractivity contribution < 1.29 is 27.2 Å². The lowest BCUT2D eigenvalue weighted by Gasteiger charge is -2.16. The highest BCUT2D eigenvalue weighted by Crippen LogP contribution is 2.16. The van der Waals surface area contributed by atoms with Gasteiger partial charge in [-0.2, -0.15) is 5.10 Å². The molecule has 0 saturated heterocycles. The van der Waals surface area contributed by atoms with E-state index in [9.17, 15) is 18.0 Å². The number of hydrogen-bond donors (Lipinski definition) is 2. The Hall–Kier alpha value is -3.44. The molecule has 32 heavy (non-hydrogen) atoms. The Morgan fingerprint density at radius 1 is 1.16 bits per heavy atom. The van der Waals surface area contributed by atoms with Gasteiger partial charge in [-0.25, -0.2) is 22.6 Å². The number of hydrogen-bond acceptors (Lipinski definition) is 7. The average molecular weight is 461 g/mol. The molecular formula is C21H24N4O6S. The van der Waals surface area contributed by atoms with Crippen LogP contribution < -0.4 is 10.0 Å². The highest BCUT2D eigenvalue weighted by molar-refractivity contribution is 7.89. The zero-order chi connectivity index (χ0) is 23.3. The van der Waals surface area contributed by atoms with E-state index in [-0.39, 0.29) is 23.0 Å². The Morgan fingerprint density at radius 3 is 2.62 bits per heavy atom. The number of amides is 1. The van der Waals surface area contributed by atoms with Crippen molar-refractivity contribution >= 4 is 27.7 Å². The lowest BCUT2D eigenvalue weighted by Crippen LogP contribution is -2.31. The summed E-state index contributed by atoms with van der Waals surface area (Å²) in [6.07, 6.45) is 1.88. The molecule has 170 valence electrons. The van der Waals surface area contributed by atoms with Crippen molar-refractivity contribution in [1.29, 1.82) is 0 Å². The van der Waals surface area contributed by atoms with Crippen molar-refractivity contribution in [2.24, 2.45) is 0 Å². The van der Waals surface area contributed by atoms with Gasteiger partial charge in [-0.05, 0) is 51.1 Å². The molecule has 0 fully saturated rings. The number of nitrogens with one attached hydrogen (secondary N) is 2. The molecule has 0 aliphatic heterocycles. The average Bonchev–Trinajstić information content (AvgIpc) is 3.44. The molecule has 11 heteroatoms. The summed E-state index contributed by atoms with van der Waals surface area (Å²) in [5.74, 6) is -0.441. The van der Waals surface area contributed by atoms with Crippen molar-refractivity contribution in [3.05, 3.63) is 66.2 Å². The molecule has 10 nitrogen and oxygen atoms in total. The largest absolute Gasteiger partial charge is 0.468 e. The summed E-state index contributed by atoms with van der Waals surface area (Å²) in [7, 11) is -3.89. The molecule has 1 aromatic carbocycles. The van der Waals surface area contributed by atoms with Crippen LogP contribution >= 0.6 is 0 Å². The van der Waals surface area contributed by atoms with Gasteiger partial charge in [0.25, 0.3) is 5.91 Å². The second-order valence-electron chi connectivity index (χ2n) is 7.22. The van der Waals surface area contributed by atoms with E-state index in [4.69, 9.17) is 9.15 Å². The van der Waals surface area contributed by atoms with Crippen molar-refractivity contribution in [1.82, 2.24) is 14.5 Å². The van der Waals surface area contributed by atoms with Crippen molar-refractivity contribution in [2.75, 3.05) is 5.32 Å². The molecule has 0 bridgehead atoms. The first-order valence-corrected chi connectivity index (χ1v) is 11.3. The van der Waals surface area contributed by atoms with Crippen LogP contribution in [0.1, 0.15) is 42.9 Å². The number of aromatic nitrogens is 2. The van der Waals surface area contributed by atoms with Gasteiger partial charge < -0.3 is 14.5 Å². The second-order valence-corrected chi connectivity index (χ2v) is 8.99. The molecule has 0 aliphatic rings. The quantitative estimate of drug-likeness (QED) is 0.469. The minimum Gasteiger partial charge on any atom is -0.468 e. The topological polar surface area (TPSA) is 133 Å². The molecule has 0 radical (unpaired) electrons. The van der Waals surface area contributed by atoms with Crippen LogP contribution in [-0.4, -0.2) is 36.2 Å². The molecular weight excluding hydrogens is 436 g/mol. The minimum atomic E-state index is -3.89. The number of rotatable bonds is 9. The zero-order valence-corrected chi connectivity index (χ0v) is 18.6. The monoisotopic (exact) mass is 460 g/mol. The minimum absolute atomic E-state index is 0.00209. The Morgan fingerprint density at radius 2 is 1.94 bits per heavy atom. The Kier molecular flexibility index (Phi) is 7.11. The SMILES string of the molecule is CC(OC(=O)c1cccc(S(=O)(=O)NCc2ccco2)c1)C(=O)Nc1ccnn1C(C)C. The van der Waals surface area contributed by atoms with E-state index in [0.717, 1.165) is 0 Å². The van der Waals surface area contributed by atoms with Crippen LogP contribution in [-0.2, 0) is 26.1 Å². The Labute approximate surface area is 185 Å². The lowest BCUT2D eigenvalue weighted by molar-refractivity contribution is -0.123. The third-order valence-corrected chi connectivity index (χ3v) is 5.86. The van der Waals surface area contributed by atoms with Crippen molar-refractivity contribution in [3.63, 3.8) is 0 Å². The van der Waals surface area contributed by atoms with Crippen LogP contribution in [0.5, 0.6) is 0 Å². The smallest absolute Gasteiger partial charge is 0.338 e. The molecule has 3 rings (SSSR count). The number of carbonyl (C=O) groups excluding carboxylic acids is 2. The summed E-state index contributed by atoms with van der Waals surface area (Å²) in [4.78, 5) is 24.8. The molecule has 0 saturated carbocycles. The summed E-state index contributed by atoms with van der Waals surface area (Å²) in [5, 5.41) is 6.79. The summed E-state index contributed by atoms with van der Waals surface area (Å²) in [6, 6.07) is 10.3. The number of nitrogens with zero attached hydrogens (tertiary/aromatic N) is 2. The van der Waals surface area contributed by atoms with E-state index in [1.807, 2.05) is 13.8 Å². The van der Waals surface area contributed by atoms with Gasteiger partial charge in [0, 0.05) is 12.1 Å². The standard InChI is InChI=1S/C21H24N4O6S/c1-14(2)25-19(9-10-22-25)24-20(26)15(3)31-21(27)16-6-4-8-18(12-16)32(28,29)23-13-17-7-5-11-30-17/h4-12,14-15,23H,13H2,1-3H3,(H,24,26). The van der Waals surface area contributed by atoms with Crippen LogP contribution in [0.25, 0.3) is 0 Å². The van der Waals surface area contributed by atoms with Gasteiger partial charge in [0.2, 0.25) is 10.0 Å². The van der Waals surface area contributed by atoms with Crippen molar-refractivity contribution in [2.45, 2.75) is 44.4 Å².